The lowest BCUT2D eigenvalue weighted by Gasteiger charge is -2.20. The average molecular weight is 244 g/mol. The predicted molar refractivity (Wildman–Crippen MR) is 65.3 cm³/mol. The van der Waals surface area contributed by atoms with Crippen LogP contribution in [0, 0.1) is 0 Å². The molecule has 4 heteroatoms. The molecule has 2 unspecified atom stereocenters. The van der Waals surface area contributed by atoms with E-state index < -0.39 is 24.0 Å². The van der Waals surface area contributed by atoms with Crippen LogP contribution in [0.4, 0.5) is 4.39 Å². The number of carbonyl (C=O) groups excluding carboxylic acids is 1. The molecule has 0 aromatic carbocycles. The van der Waals surface area contributed by atoms with Gasteiger partial charge in [0.2, 0.25) is 0 Å². The molecule has 98 valence electrons. The minimum Gasteiger partial charge on any atom is -0.356 e. The molecule has 3 nitrogen and oxygen atoms in total. The maximum atomic E-state index is 13.0. The highest BCUT2D eigenvalue weighted by molar-refractivity contribution is 6.01. The zero-order chi connectivity index (χ0) is 13.4. The number of ketones is 1. The van der Waals surface area contributed by atoms with Crippen molar-refractivity contribution in [1.82, 2.24) is 0 Å². The van der Waals surface area contributed by atoms with Gasteiger partial charge in [-0.1, -0.05) is 26.0 Å². The molecule has 2 atom stereocenters. The van der Waals surface area contributed by atoms with Gasteiger partial charge in [0.1, 0.15) is 11.9 Å². The molecule has 0 radical (unpaired) electrons. The van der Waals surface area contributed by atoms with E-state index >= 15 is 0 Å². The van der Waals surface area contributed by atoms with E-state index in [2.05, 4.69) is 6.58 Å². The van der Waals surface area contributed by atoms with Crippen molar-refractivity contribution < 1.29 is 18.7 Å². The number of rotatable bonds is 8. The molecule has 0 aromatic rings. The fraction of sp³-hybridized carbons (Fsp3) is 0.615. The number of carbonyl (C=O) groups is 1. The van der Waals surface area contributed by atoms with Crippen molar-refractivity contribution in [1.29, 1.82) is 0 Å². The molecule has 0 amide bonds. The number of hydrogen-bond donors (Lipinski definition) is 0. The van der Waals surface area contributed by atoms with Crippen LogP contribution in [0.25, 0.3) is 0 Å². The highest BCUT2D eigenvalue weighted by Gasteiger charge is 2.23. The molecule has 17 heavy (non-hydrogen) atoms. The van der Waals surface area contributed by atoms with Crippen molar-refractivity contribution in [3.05, 3.63) is 24.1 Å². The van der Waals surface area contributed by atoms with Gasteiger partial charge in [-0.15, -0.1) is 0 Å². The largest absolute Gasteiger partial charge is 0.356 e. The molecular weight excluding hydrogens is 223 g/mol. The maximum Gasteiger partial charge on any atom is 0.193 e. The molecule has 0 bridgehead atoms. The van der Waals surface area contributed by atoms with E-state index in [0.29, 0.717) is 6.42 Å². The van der Waals surface area contributed by atoms with E-state index in [4.69, 9.17) is 9.47 Å². The van der Waals surface area contributed by atoms with Crippen LogP contribution in [-0.4, -0.2) is 25.3 Å². The summed E-state index contributed by atoms with van der Waals surface area (Å²) in [5.41, 5.74) is -0.0381. The van der Waals surface area contributed by atoms with Crippen LogP contribution in [0.2, 0.25) is 0 Å². The van der Waals surface area contributed by atoms with Crippen LogP contribution in [-0.2, 0) is 14.3 Å². The third-order valence-electron chi connectivity index (χ3n) is 2.36. The van der Waals surface area contributed by atoms with Crippen LogP contribution in [0.15, 0.2) is 24.1 Å². The highest BCUT2D eigenvalue weighted by atomic mass is 19.1. The molecule has 0 saturated heterocycles. The van der Waals surface area contributed by atoms with Crippen molar-refractivity contribution in [2.75, 3.05) is 7.11 Å². The van der Waals surface area contributed by atoms with Crippen molar-refractivity contribution in [2.24, 2.45) is 0 Å². The molecule has 0 fully saturated rings. The smallest absolute Gasteiger partial charge is 0.193 e. The van der Waals surface area contributed by atoms with E-state index in [1.165, 1.54) is 13.2 Å². The van der Waals surface area contributed by atoms with E-state index in [-0.39, 0.29) is 5.57 Å². The molecule has 0 spiro atoms. The molecule has 0 aliphatic rings. The Kier molecular flexibility index (Phi) is 7.66. The van der Waals surface area contributed by atoms with Gasteiger partial charge < -0.3 is 9.47 Å². The first-order valence-corrected chi connectivity index (χ1v) is 5.71. The van der Waals surface area contributed by atoms with Crippen molar-refractivity contribution in [3.63, 3.8) is 0 Å². The fourth-order valence-corrected chi connectivity index (χ4v) is 1.42. The Balaban J connectivity index is 4.54. The van der Waals surface area contributed by atoms with E-state index in [9.17, 15) is 9.18 Å². The lowest BCUT2D eigenvalue weighted by atomic mass is 10.1. The lowest BCUT2D eigenvalue weighted by Crippen LogP contribution is -2.29. The third kappa shape index (κ3) is 5.24. The Bertz CT molecular complexity index is 297. The Hall–Kier alpha value is -1.00. The van der Waals surface area contributed by atoms with E-state index in [1.807, 2.05) is 6.92 Å². The van der Waals surface area contributed by atoms with Crippen LogP contribution < -0.4 is 0 Å². The second kappa shape index (κ2) is 8.14. The van der Waals surface area contributed by atoms with Crippen LogP contribution in [0.5, 0.6) is 0 Å². The van der Waals surface area contributed by atoms with E-state index in [0.717, 1.165) is 6.42 Å². The fourth-order valence-electron chi connectivity index (χ4n) is 1.42. The quantitative estimate of drug-likeness (QED) is 0.374. The summed E-state index contributed by atoms with van der Waals surface area (Å²) >= 11 is 0. The van der Waals surface area contributed by atoms with Crippen LogP contribution in [0.1, 0.15) is 33.6 Å². The first-order valence-electron chi connectivity index (χ1n) is 5.71. The van der Waals surface area contributed by atoms with Crippen molar-refractivity contribution in [2.45, 2.75) is 46.0 Å². The second-order valence-corrected chi connectivity index (χ2v) is 3.70. The molecule has 0 heterocycles. The third-order valence-corrected chi connectivity index (χ3v) is 2.36. The van der Waals surface area contributed by atoms with Crippen molar-refractivity contribution in [3.8, 4) is 0 Å². The van der Waals surface area contributed by atoms with Gasteiger partial charge in [0.05, 0.1) is 5.57 Å². The first-order chi connectivity index (χ1) is 7.97. The summed E-state index contributed by atoms with van der Waals surface area (Å²) in [6, 6.07) is 0. The van der Waals surface area contributed by atoms with Gasteiger partial charge in [0.15, 0.2) is 12.1 Å². The lowest BCUT2D eigenvalue weighted by molar-refractivity contribution is -0.165. The molecule has 0 aromatic heterocycles. The number of allylic oxidation sites excluding steroid dienone is 2. The number of halogens is 1. The zero-order valence-corrected chi connectivity index (χ0v) is 11.0. The van der Waals surface area contributed by atoms with Gasteiger partial charge in [-0.05, 0) is 20.3 Å². The standard InChI is InChI=1S/C13H21FO3/c1-6-8-12(16-5)17-10(4)13(15)11(7-2)9(3)14/h7,10,12H,3,6,8H2,1-2,4-5H3/b11-7+. The van der Waals surface area contributed by atoms with Gasteiger partial charge in [0, 0.05) is 7.11 Å². The van der Waals surface area contributed by atoms with Gasteiger partial charge in [-0.3, -0.25) is 4.79 Å². The second-order valence-electron chi connectivity index (χ2n) is 3.70. The van der Waals surface area contributed by atoms with Gasteiger partial charge >= 0.3 is 0 Å². The Morgan fingerprint density at radius 1 is 1.53 bits per heavy atom. The Labute approximate surface area is 102 Å². The first kappa shape index (κ1) is 16.0. The number of hydrogen-bond acceptors (Lipinski definition) is 3. The predicted octanol–water partition coefficient (Wildman–Crippen LogP) is 3.16. The zero-order valence-electron chi connectivity index (χ0n) is 11.0. The molecule has 0 aliphatic carbocycles. The molecule has 0 N–H and O–H groups in total. The number of ether oxygens (including phenoxy) is 2. The summed E-state index contributed by atoms with van der Waals surface area (Å²) in [7, 11) is 1.52. The van der Waals surface area contributed by atoms with Gasteiger partial charge in [0.25, 0.3) is 0 Å². The summed E-state index contributed by atoms with van der Waals surface area (Å²) in [5.74, 6) is -1.16. The monoisotopic (exact) mass is 244 g/mol. The number of methoxy groups -OCH3 is 1. The maximum absolute atomic E-state index is 13.0. The summed E-state index contributed by atoms with van der Waals surface area (Å²) in [5, 5.41) is 0. The molecular formula is C13H21FO3. The van der Waals surface area contributed by atoms with Crippen molar-refractivity contribution >= 4 is 5.78 Å². The summed E-state index contributed by atoms with van der Waals surface area (Å²) in [6.07, 6.45) is 1.78. The highest BCUT2D eigenvalue weighted by Crippen LogP contribution is 2.16. The molecule has 0 rings (SSSR count). The summed E-state index contributed by atoms with van der Waals surface area (Å²) in [4.78, 5) is 11.8. The number of Topliss-reactive ketones (excluding diaryl/α,β-unsaturated/α-hetero) is 1. The van der Waals surface area contributed by atoms with Crippen LogP contribution in [0.3, 0.4) is 0 Å². The minimum absolute atomic E-state index is 0.0381. The molecule has 0 saturated carbocycles. The normalized spacial score (nSPS) is 15.5. The minimum atomic E-state index is -0.745. The summed E-state index contributed by atoms with van der Waals surface area (Å²) in [6.45, 7) is 8.28. The van der Waals surface area contributed by atoms with Gasteiger partial charge in [-0.2, -0.15) is 0 Å². The Morgan fingerprint density at radius 3 is 2.47 bits per heavy atom. The average Bonchev–Trinajstić information content (AvgIpc) is 2.28. The Morgan fingerprint density at radius 2 is 2.12 bits per heavy atom. The van der Waals surface area contributed by atoms with Gasteiger partial charge in [-0.25, -0.2) is 4.39 Å². The summed E-state index contributed by atoms with van der Waals surface area (Å²) < 4.78 is 23.5. The van der Waals surface area contributed by atoms with E-state index in [1.54, 1.807) is 13.8 Å². The topological polar surface area (TPSA) is 35.5 Å². The SMILES string of the molecule is C=C(F)/C(=C\C)C(=O)C(C)OC(CCC)OC. The molecule has 0 aliphatic heterocycles. The van der Waals surface area contributed by atoms with Crippen LogP contribution >= 0.6 is 0 Å².